The van der Waals surface area contributed by atoms with E-state index in [0.29, 0.717) is 19.5 Å². The summed E-state index contributed by atoms with van der Waals surface area (Å²) in [6.45, 7) is 6.11. The third-order valence-corrected chi connectivity index (χ3v) is 2.95. The summed E-state index contributed by atoms with van der Waals surface area (Å²) >= 11 is 0. The Kier molecular flexibility index (Phi) is 3.17. The first-order valence-corrected chi connectivity index (χ1v) is 5.01. The summed E-state index contributed by atoms with van der Waals surface area (Å²) in [5, 5.41) is 8.57. The average molecular weight is 207 g/mol. The average Bonchev–Trinajstić information content (AvgIpc) is 2.51. The van der Waals surface area contributed by atoms with Crippen molar-refractivity contribution in [2.45, 2.75) is 38.7 Å². The largest absolute Gasteiger partial charge is 0.390 e. The molecule has 84 valence electrons. The lowest BCUT2D eigenvalue weighted by Crippen LogP contribution is -2.42. The Morgan fingerprint density at radius 2 is 1.93 bits per heavy atom. The predicted molar refractivity (Wildman–Crippen MR) is 51.5 cm³/mol. The molecule has 1 saturated heterocycles. The minimum absolute atomic E-state index is 0.0553. The molecule has 1 atom stereocenters. The highest BCUT2D eigenvalue weighted by Gasteiger charge is 2.44. The molecule has 0 aromatic carbocycles. The Hall–Kier alpha value is -0.220. The van der Waals surface area contributed by atoms with Crippen LogP contribution in [0.2, 0.25) is 0 Å². The van der Waals surface area contributed by atoms with Gasteiger partial charge in [-0.25, -0.2) is 8.78 Å². The van der Waals surface area contributed by atoms with Crippen LogP contribution in [0.5, 0.6) is 0 Å². The molecule has 0 saturated carbocycles. The Morgan fingerprint density at radius 1 is 1.36 bits per heavy atom. The van der Waals surface area contributed by atoms with E-state index in [0.717, 1.165) is 0 Å². The van der Waals surface area contributed by atoms with Crippen LogP contribution < -0.4 is 0 Å². The van der Waals surface area contributed by atoms with Gasteiger partial charge in [-0.2, -0.15) is 0 Å². The van der Waals surface area contributed by atoms with E-state index in [1.165, 1.54) is 0 Å². The van der Waals surface area contributed by atoms with Crippen LogP contribution in [-0.2, 0) is 0 Å². The summed E-state index contributed by atoms with van der Waals surface area (Å²) in [5.74, 6) is -3.60. The van der Waals surface area contributed by atoms with Gasteiger partial charge in [0.25, 0.3) is 5.92 Å². The third-order valence-electron chi connectivity index (χ3n) is 2.95. The first-order chi connectivity index (χ1) is 6.27. The van der Waals surface area contributed by atoms with E-state index in [9.17, 15) is 8.78 Å². The number of aliphatic hydroxyl groups is 1. The summed E-state index contributed by atoms with van der Waals surface area (Å²) in [7, 11) is 0. The lowest BCUT2D eigenvalue weighted by molar-refractivity contribution is -0.0952. The van der Waals surface area contributed by atoms with Gasteiger partial charge in [-0.1, -0.05) is 0 Å². The second-order valence-corrected chi connectivity index (χ2v) is 5.02. The van der Waals surface area contributed by atoms with Crippen molar-refractivity contribution in [3.63, 3.8) is 0 Å². The SMILES string of the molecule is CC(C)(C)N1CCC(C(F)(F)CO)C1. The van der Waals surface area contributed by atoms with Gasteiger partial charge >= 0.3 is 0 Å². The number of hydrogen-bond donors (Lipinski definition) is 1. The molecule has 0 radical (unpaired) electrons. The van der Waals surface area contributed by atoms with E-state index >= 15 is 0 Å². The van der Waals surface area contributed by atoms with Gasteiger partial charge in [0.2, 0.25) is 0 Å². The van der Waals surface area contributed by atoms with Crippen LogP contribution in [0.25, 0.3) is 0 Å². The second kappa shape index (κ2) is 3.74. The third kappa shape index (κ3) is 2.42. The Labute approximate surface area is 83.9 Å². The topological polar surface area (TPSA) is 23.5 Å². The number of halogens is 2. The predicted octanol–water partition coefficient (Wildman–Crippen LogP) is 1.73. The molecule has 1 rings (SSSR count). The molecule has 0 aromatic rings. The molecule has 1 aliphatic rings. The number of rotatable bonds is 2. The first-order valence-electron chi connectivity index (χ1n) is 5.01. The van der Waals surface area contributed by atoms with E-state index in [1.807, 2.05) is 25.7 Å². The Morgan fingerprint density at radius 3 is 2.29 bits per heavy atom. The second-order valence-electron chi connectivity index (χ2n) is 5.02. The highest BCUT2D eigenvalue weighted by Crippen LogP contribution is 2.34. The van der Waals surface area contributed by atoms with Gasteiger partial charge in [-0.3, -0.25) is 4.90 Å². The van der Waals surface area contributed by atoms with Crippen molar-refractivity contribution < 1.29 is 13.9 Å². The van der Waals surface area contributed by atoms with E-state index in [2.05, 4.69) is 0 Å². The summed E-state index contributed by atoms with van der Waals surface area (Å²) < 4.78 is 26.3. The fourth-order valence-electron chi connectivity index (χ4n) is 1.84. The van der Waals surface area contributed by atoms with Crippen molar-refractivity contribution in [3.05, 3.63) is 0 Å². The zero-order valence-corrected chi connectivity index (χ0v) is 9.06. The minimum atomic E-state index is -2.92. The molecule has 0 spiro atoms. The van der Waals surface area contributed by atoms with Crippen LogP contribution in [0.3, 0.4) is 0 Å². The zero-order valence-electron chi connectivity index (χ0n) is 9.06. The van der Waals surface area contributed by atoms with Crippen molar-refractivity contribution in [3.8, 4) is 0 Å². The fraction of sp³-hybridized carbons (Fsp3) is 1.00. The Bertz CT molecular complexity index is 201. The van der Waals surface area contributed by atoms with Crippen molar-refractivity contribution in [1.29, 1.82) is 0 Å². The maximum atomic E-state index is 13.1. The molecular weight excluding hydrogens is 188 g/mol. The van der Waals surface area contributed by atoms with E-state index in [-0.39, 0.29) is 5.54 Å². The zero-order chi connectivity index (χ0) is 11.0. The van der Waals surface area contributed by atoms with Crippen molar-refractivity contribution in [2.24, 2.45) is 5.92 Å². The minimum Gasteiger partial charge on any atom is -0.390 e. The maximum absolute atomic E-state index is 13.1. The van der Waals surface area contributed by atoms with E-state index in [4.69, 9.17) is 5.11 Å². The van der Waals surface area contributed by atoms with Crippen LogP contribution in [0.4, 0.5) is 8.78 Å². The standard InChI is InChI=1S/C10H19F2NO/c1-9(2,3)13-5-4-8(6-13)10(11,12)7-14/h8,14H,4-7H2,1-3H3. The fourth-order valence-corrected chi connectivity index (χ4v) is 1.84. The molecule has 0 bridgehead atoms. The molecule has 2 nitrogen and oxygen atoms in total. The molecule has 1 aliphatic heterocycles. The lowest BCUT2D eigenvalue weighted by Gasteiger charge is -2.32. The quantitative estimate of drug-likeness (QED) is 0.745. The van der Waals surface area contributed by atoms with Gasteiger partial charge in [-0.05, 0) is 33.7 Å². The molecule has 14 heavy (non-hydrogen) atoms. The summed E-state index contributed by atoms with van der Waals surface area (Å²) in [6.07, 6.45) is 0.477. The molecule has 1 fully saturated rings. The molecular formula is C10H19F2NO. The number of alkyl halides is 2. The molecule has 1 unspecified atom stereocenters. The first kappa shape index (κ1) is 11.9. The summed E-state index contributed by atoms with van der Waals surface area (Å²) in [5.41, 5.74) is -0.0553. The smallest absolute Gasteiger partial charge is 0.274 e. The van der Waals surface area contributed by atoms with E-state index in [1.54, 1.807) is 0 Å². The number of hydrogen-bond acceptors (Lipinski definition) is 2. The van der Waals surface area contributed by atoms with Crippen molar-refractivity contribution in [2.75, 3.05) is 19.7 Å². The maximum Gasteiger partial charge on any atom is 0.274 e. The van der Waals surface area contributed by atoms with Crippen molar-refractivity contribution >= 4 is 0 Å². The van der Waals surface area contributed by atoms with Crippen LogP contribution in [0, 0.1) is 5.92 Å². The van der Waals surface area contributed by atoms with Gasteiger partial charge < -0.3 is 5.11 Å². The summed E-state index contributed by atoms with van der Waals surface area (Å²) in [4.78, 5) is 2.04. The normalized spacial score (nSPS) is 25.7. The van der Waals surface area contributed by atoms with E-state index < -0.39 is 18.4 Å². The molecule has 0 aliphatic carbocycles. The van der Waals surface area contributed by atoms with Gasteiger partial charge in [0.1, 0.15) is 6.61 Å². The molecule has 0 aromatic heterocycles. The van der Waals surface area contributed by atoms with Gasteiger partial charge in [-0.15, -0.1) is 0 Å². The molecule has 4 heteroatoms. The lowest BCUT2D eigenvalue weighted by atomic mass is 10.0. The van der Waals surface area contributed by atoms with Gasteiger partial charge in [0.05, 0.1) is 0 Å². The molecule has 1 N–H and O–H groups in total. The molecule has 1 heterocycles. The van der Waals surface area contributed by atoms with Crippen LogP contribution >= 0.6 is 0 Å². The van der Waals surface area contributed by atoms with Crippen LogP contribution in [0.15, 0.2) is 0 Å². The summed E-state index contributed by atoms with van der Waals surface area (Å²) in [6, 6.07) is 0. The van der Waals surface area contributed by atoms with Crippen LogP contribution in [-0.4, -0.2) is 41.2 Å². The number of likely N-dealkylation sites (tertiary alicyclic amines) is 1. The monoisotopic (exact) mass is 207 g/mol. The highest BCUT2D eigenvalue weighted by molar-refractivity contribution is 4.90. The van der Waals surface area contributed by atoms with Gasteiger partial charge in [0.15, 0.2) is 0 Å². The van der Waals surface area contributed by atoms with Gasteiger partial charge in [0, 0.05) is 18.0 Å². The molecule has 0 amide bonds. The highest BCUT2D eigenvalue weighted by atomic mass is 19.3. The van der Waals surface area contributed by atoms with Crippen LogP contribution in [0.1, 0.15) is 27.2 Å². The number of aliphatic hydroxyl groups excluding tert-OH is 1. The van der Waals surface area contributed by atoms with Crippen molar-refractivity contribution in [1.82, 2.24) is 4.90 Å². The Balaban J connectivity index is 2.58. The number of nitrogens with zero attached hydrogens (tertiary/aromatic N) is 1.